The Morgan fingerprint density at radius 1 is 1.29 bits per heavy atom. The van der Waals surface area contributed by atoms with Crippen LogP contribution in [0.3, 0.4) is 0 Å². The second-order valence-corrected chi connectivity index (χ2v) is 3.35. The summed E-state index contributed by atoms with van der Waals surface area (Å²) >= 11 is 0. The molecule has 5 nitrogen and oxygen atoms in total. The van der Waals surface area contributed by atoms with Crippen LogP contribution in [0.2, 0.25) is 0 Å². The van der Waals surface area contributed by atoms with Crippen LogP contribution in [0.1, 0.15) is 22.0 Å². The Morgan fingerprint density at radius 3 is 2.24 bits per heavy atom. The lowest BCUT2D eigenvalue weighted by Crippen LogP contribution is -2.12. The minimum Gasteiger partial charge on any atom is -0.478 e. The summed E-state index contributed by atoms with van der Waals surface area (Å²) in [6.07, 6.45) is -1.20. The van der Waals surface area contributed by atoms with Gasteiger partial charge >= 0.3 is 11.9 Å². The maximum atomic E-state index is 11.1. The third-order valence-electron chi connectivity index (χ3n) is 2.25. The van der Waals surface area contributed by atoms with Crippen LogP contribution in [0.15, 0.2) is 36.4 Å². The van der Waals surface area contributed by atoms with E-state index in [-0.39, 0.29) is 11.1 Å². The van der Waals surface area contributed by atoms with Crippen molar-refractivity contribution in [2.24, 2.45) is 0 Å². The van der Waals surface area contributed by atoms with E-state index in [0.717, 1.165) is 0 Å². The fourth-order valence-corrected chi connectivity index (χ4v) is 1.25. The second-order valence-electron chi connectivity index (χ2n) is 3.35. The van der Waals surface area contributed by atoms with E-state index < -0.39 is 18.0 Å². The van der Waals surface area contributed by atoms with E-state index in [9.17, 15) is 14.7 Å². The van der Waals surface area contributed by atoms with Gasteiger partial charge in [0.25, 0.3) is 0 Å². The van der Waals surface area contributed by atoms with Crippen molar-refractivity contribution in [1.29, 1.82) is 0 Å². The standard InChI is InChI=1S/C12H12O5/c1-7(12(16)17-2)10(13)8-3-5-9(6-4-8)11(14)15/h3-6,10,13H,1H2,2H3,(H,14,15). The van der Waals surface area contributed by atoms with Crippen LogP contribution in [0.4, 0.5) is 0 Å². The molecule has 0 spiro atoms. The van der Waals surface area contributed by atoms with Crippen LogP contribution in [0.25, 0.3) is 0 Å². The highest BCUT2D eigenvalue weighted by molar-refractivity contribution is 5.89. The highest BCUT2D eigenvalue weighted by Crippen LogP contribution is 2.21. The Labute approximate surface area is 98.0 Å². The van der Waals surface area contributed by atoms with E-state index in [1.165, 1.54) is 31.4 Å². The van der Waals surface area contributed by atoms with Gasteiger partial charge in [-0.2, -0.15) is 0 Å². The first-order chi connectivity index (χ1) is 7.97. The molecule has 0 amide bonds. The molecule has 90 valence electrons. The number of esters is 1. The fraction of sp³-hybridized carbons (Fsp3) is 0.167. The molecule has 1 unspecified atom stereocenters. The zero-order valence-electron chi connectivity index (χ0n) is 9.21. The van der Waals surface area contributed by atoms with Gasteiger partial charge in [-0.1, -0.05) is 18.7 Å². The predicted molar refractivity (Wildman–Crippen MR) is 59.5 cm³/mol. The van der Waals surface area contributed by atoms with Crippen LogP contribution < -0.4 is 0 Å². The Balaban J connectivity index is 2.90. The number of aromatic carboxylic acids is 1. The summed E-state index contributed by atoms with van der Waals surface area (Å²) < 4.78 is 4.42. The molecule has 5 heteroatoms. The molecule has 1 aromatic carbocycles. The smallest absolute Gasteiger partial charge is 0.336 e. The number of carboxylic acids is 1. The minimum atomic E-state index is -1.20. The number of carboxylic acid groups (broad SMARTS) is 1. The molecule has 0 fully saturated rings. The molecule has 0 aliphatic rings. The number of carbonyl (C=O) groups excluding carboxylic acids is 1. The van der Waals surface area contributed by atoms with Gasteiger partial charge in [0.2, 0.25) is 0 Å². The minimum absolute atomic E-state index is 0.101. The molecule has 0 heterocycles. The summed E-state index contributed by atoms with van der Waals surface area (Å²) in [6, 6.07) is 5.52. The summed E-state index contributed by atoms with van der Waals surface area (Å²) in [4.78, 5) is 21.7. The van der Waals surface area contributed by atoms with E-state index >= 15 is 0 Å². The van der Waals surface area contributed by atoms with Gasteiger partial charge < -0.3 is 14.9 Å². The fourth-order valence-electron chi connectivity index (χ4n) is 1.25. The molecule has 0 radical (unpaired) electrons. The third kappa shape index (κ3) is 2.92. The van der Waals surface area contributed by atoms with Gasteiger partial charge in [-0.05, 0) is 17.7 Å². The Bertz CT molecular complexity index is 446. The lowest BCUT2D eigenvalue weighted by Gasteiger charge is -2.12. The van der Waals surface area contributed by atoms with Gasteiger partial charge in [-0.25, -0.2) is 9.59 Å². The number of rotatable bonds is 4. The van der Waals surface area contributed by atoms with Crippen molar-refractivity contribution in [3.8, 4) is 0 Å². The van der Waals surface area contributed by atoms with Crippen molar-refractivity contribution in [2.75, 3.05) is 7.11 Å². The normalized spacial score (nSPS) is 11.6. The predicted octanol–water partition coefficient (Wildman–Crippen LogP) is 1.15. The maximum Gasteiger partial charge on any atom is 0.336 e. The van der Waals surface area contributed by atoms with Gasteiger partial charge in [-0.15, -0.1) is 0 Å². The Kier molecular flexibility index (Phi) is 4.01. The summed E-state index contributed by atoms with van der Waals surface area (Å²) in [6.45, 7) is 3.42. The van der Waals surface area contributed by atoms with Crippen molar-refractivity contribution in [2.45, 2.75) is 6.10 Å². The Morgan fingerprint density at radius 2 is 1.82 bits per heavy atom. The molecule has 0 aliphatic carbocycles. The van der Waals surface area contributed by atoms with E-state index in [4.69, 9.17) is 5.11 Å². The molecular formula is C12H12O5. The highest BCUT2D eigenvalue weighted by Gasteiger charge is 2.19. The third-order valence-corrected chi connectivity index (χ3v) is 2.25. The first-order valence-electron chi connectivity index (χ1n) is 4.75. The summed E-state index contributed by atoms with van der Waals surface area (Å²) in [7, 11) is 1.19. The molecule has 1 atom stereocenters. The molecule has 1 aromatic rings. The number of benzene rings is 1. The van der Waals surface area contributed by atoms with Crippen molar-refractivity contribution in [3.05, 3.63) is 47.5 Å². The van der Waals surface area contributed by atoms with Crippen LogP contribution in [-0.4, -0.2) is 29.3 Å². The lowest BCUT2D eigenvalue weighted by atomic mass is 10.0. The van der Waals surface area contributed by atoms with Crippen LogP contribution >= 0.6 is 0 Å². The molecule has 0 aliphatic heterocycles. The number of aliphatic hydroxyl groups is 1. The lowest BCUT2D eigenvalue weighted by molar-refractivity contribution is -0.137. The average molecular weight is 236 g/mol. The number of hydrogen-bond donors (Lipinski definition) is 2. The highest BCUT2D eigenvalue weighted by atomic mass is 16.5. The average Bonchev–Trinajstić information content (AvgIpc) is 2.36. The zero-order valence-corrected chi connectivity index (χ0v) is 9.21. The molecule has 0 saturated heterocycles. The molecule has 0 saturated carbocycles. The van der Waals surface area contributed by atoms with Crippen molar-refractivity contribution in [3.63, 3.8) is 0 Å². The van der Waals surface area contributed by atoms with Crippen molar-refractivity contribution >= 4 is 11.9 Å². The number of carbonyl (C=O) groups is 2. The van der Waals surface area contributed by atoms with Crippen LogP contribution in [0.5, 0.6) is 0 Å². The second kappa shape index (κ2) is 5.27. The maximum absolute atomic E-state index is 11.1. The van der Waals surface area contributed by atoms with Gasteiger partial charge in [0.15, 0.2) is 0 Å². The summed E-state index contributed by atoms with van der Waals surface area (Å²) in [5.41, 5.74) is 0.380. The molecule has 2 N–H and O–H groups in total. The van der Waals surface area contributed by atoms with E-state index in [1.54, 1.807) is 0 Å². The SMILES string of the molecule is C=C(C(=O)OC)C(O)c1ccc(C(=O)O)cc1. The van der Waals surface area contributed by atoms with Gasteiger partial charge in [0.1, 0.15) is 6.10 Å². The zero-order chi connectivity index (χ0) is 13.0. The van der Waals surface area contributed by atoms with Crippen molar-refractivity contribution < 1.29 is 24.5 Å². The number of hydrogen-bond acceptors (Lipinski definition) is 4. The Hall–Kier alpha value is -2.14. The first-order valence-corrected chi connectivity index (χ1v) is 4.75. The molecule has 0 aromatic heterocycles. The molecule has 17 heavy (non-hydrogen) atoms. The van der Waals surface area contributed by atoms with E-state index in [2.05, 4.69) is 11.3 Å². The van der Waals surface area contributed by atoms with Crippen molar-refractivity contribution in [1.82, 2.24) is 0 Å². The van der Waals surface area contributed by atoms with Gasteiger partial charge in [0, 0.05) is 0 Å². The largest absolute Gasteiger partial charge is 0.478 e. The van der Waals surface area contributed by atoms with Gasteiger partial charge in [-0.3, -0.25) is 0 Å². The van der Waals surface area contributed by atoms with Gasteiger partial charge in [0.05, 0.1) is 18.2 Å². The van der Waals surface area contributed by atoms with E-state index in [1.807, 2.05) is 0 Å². The molecular weight excluding hydrogens is 224 g/mol. The summed E-state index contributed by atoms with van der Waals surface area (Å²) in [5, 5.41) is 18.5. The summed E-state index contributed by atoms with van der Waals surface area (Å²) in [5.74, 6) is -1.77. The number of methoxy groups -OCH3 is 1. The topological polar surface area (TPSA) is 83.8 Å². The van der Waals surface area contributed by atoms with Crippen LogP contribution in [-0.2, 0) is 9.53 Å². The quantitative estimate of drug-likeness (QED) is 0.605. The molecule has 0 bridgehead atoms. The monoisotopic (exact) mass is 236 g/mol. The van der Waals surface area contributed by atoms with E-state index in [0.29, 0.717) is 5.56 Å². The number of aliphatic hydroxyl groups excluding tert-OH is 1. The number of ether oxygens (including phenoxy) is 1. The first kappa shape index (κ1) is 12.9. The van der Waals surface area contributed by atoms with Crippen LogP contribution in [0, 0.1) is 0 Å². The molecule has 1 rings (SSSR count).